The van der Waals surface area contributed by atoms with Crippen LogP contribution in [0.2, 0.25) is 0 Å². The SMILES string of the molecule is CNCC(C)S(=O)(=O)NCCc1cccc2cccnc12. The molecule has 0 aliphatic rings. The first kappa shape index (κ1) is 15.9. The summed E-state index contributed by atoms with van der Waals surface area (Å²) in [7, 11) is -1.53. The van der Waals surface area contributed by atoms with Crippen LogP contribution in [0, 0.1) is 0 Å². The summed E-state index contributed by atoms with van der Waals surface area (Å²) in [5.41, 5.74) is 1.99. The third-order valence-corrected chi connectivity index (χ3v) is 5.27. The summed E-state index contributed by atoms with van der Waals surface area (Å²) < 4.78 is 26.7. The standard InChI is InChI=1S/C15H21N3O2S/c1-12(11-16-2)21(19,20)18-10-8-14-6-3-5-13-7-4-9-17-15(13)14/h3-7,9,12,16,18H,8,10-11H2,1-2H3. The lowest BCUT2D eigenvalue weighted by Gasteiger charge is -2.13. The van der Waals surface area contributed by atoms with Crippen molar-refractivity contribution in [3.05, 3.63) is 42.1 Å². The molecule has 2 aromatic rings. The number of pyridine rings is 1. The number of benzene rings is 1. The molecule has 2 rings (SSSR count). The fourth-order valence-electron chi connectivity index (χ4n) is 2.24. The van der Waals surface area contributed by atoms with Crippen molar-refractivity contribution in [1.82, 2.24) is 15.0 Å². The van der Waals surface area contributed by atoms with Crippen LogP contribution in [-0.4, -0.2) is 38.8 Å². The van der Waals surface area contributed by atoms with Crippen molar-refractivity contribution in [2.45, 2.75) is 18.6 Å². The van der Waals surface area contributed by atoms with Crippen LogP contribution in [0.5, 0.6) is 0 Å². The quantitative estimate of drug-likeness (QED) is 0.809. The van der Waals surface area contributed by atoms with Gasteiger partial charge in [-0.2, -0.15) is 0 Å². The molecular weight excluding hydrogens is 286 g/mol. The van der Waals surface area contributed by atoms with Crippen LogP contribution in [-0.2, 0) is 16.4 Å². The van der Waals surface area contributed by atoms with Crippen molar-refractivity contribution in [3.8, 4) is 0 Å². The molecule has 0 spiro atoms. The van der Waals surface area contributed by atoms with Gasteiger partial charge in [-0.05, 0) is 32.0 Å². The van der Waals surface area contributed by atoms with E-state index in [1.165, 1.54) is 0 Å². The minimum absolute atomic E-state index is 0.381. The summed E-state index contributed by atoms with van der Waals surface area (Å²) in [5, 5.41) is 3.50. The molecule has 0 aliphatic carbocycles. The molecule has 1 aromatic heterocycles. The van der Waals surface area contributed by atoms with Gasteiger partial charge in [0, 0.05) is 24.7 Å². The highest BCUT2D eigenvalue weighted by molar-refractivity contribution is 7.90. The topological polar surface area (TPSA) is 71.1 Å². The molecule has 2 N–H and O–H groups in total. The molecule has 6 heteroatoms. The molecule has 0 bridgehead atoms. The Balaban J connectivity index is 2.03. The van der Waals surface area contributed by atoms with Crippen LogP contribution in [0.3, 0.4) is 0 Å². The van der Waals surface area contributed by atoms with Gasteiger partial charge in [0.05, 0.1) is 10.8 Å². The number of hydrogen-bond donors (Lipinski definition) is 2. The molecule has 0 aliphatic heterocycles. The smallest absolute Gasteiger partial charge is 0.215 e. The van der Waals surface area contributed by atoms with Gasteiger partial charge in [-0.3, -0.25) is 4.98 Å². The number of nitrogens with zero attached hydrogens (tertiary/aromatic N) is 1. The van der Waals surface area contributed by atoms with E-state index in [0.29, 0.717) is 19.5 Å². The summed E-state index contributed by atoms with van der Waals surface area (Å²) in [6.45, 7) is 2.51. The van der Waals surface area contributed by atoms with Gasteiger partial charge in [0.25, 0.3) is 0 Å². The second-order valence-electron chi connectivity index (χ2n) is 5.05. The molecule has 0 radical (unpaired) electrons. The van der Waals surface area contributed by atoms with E-state index in [-0.39, 0.29) is 0 Å². The van der Waals surface area contributed by atoms with Gasteiger partial charge < -0.3 is 5.32 Å². The van der Waals surface area contributed by atoms with E-state index in [0.717, 1.165) is 16.5 Å². The third-order valence-electron chi connectivity index (χ3n) is 3.44. The Hall–Kier alpha value is -1.50. The molecule has 1 aromatic carbocycles. The van der Waals surface area contributed by atoms with E-state index < -0.39 is 15.3 Å². The molecule has 1 heterocycles. The second-order valence-corrected chi connectivity index (χ2v) is 7.23. The van der Waals surface area contributed by atoms with Crippen LogP contribution >= 0.6 is 0 Å². The van der Waals surface area contributed by atoms with Gasteiger partial charge in [-0.1, -0.05) is 24.3 Å². The zero-order valence-electron chi connectivity index (χ0n) is 12.3. The van der Waals surface area contributed by atoms with Gasteiger partial charge >= 0.3 is 0 Å². The maximum atomic E-state index is 12.0. The van der Waals surface area contributed by atoms with E-state index in [9.17, 15) is 8.42 Å². The minimum atomic E-state index is -3.28. The zero-order valence-corrected chi connectivity index (χ0v) is 13.2. The van der Waals surface area contributed by atoms with Crippen molar-refractivity contribution in [2.75, 3.05) is 20.1 Å². The molecule has 21 heavy (non-hydrogen) atoms. The number of nitrogens with one attached hydrogen (secondary N) is 2. The molecule has 114 valence electrons. The maximum absolute atomic E-state index is 12.0. The molecular formula is C15H21N3O2S. The first-order chi connectivity index (χ1) is 10.0. The van der Waals surface area contributed by atoms with Gasteiger partial charge in [0.1, 0.15) is 0 Å². The normalized spacial score (nSPS) is 13.4. The van der Waals surface area contributed by atoms with Crippen molar-refractivity contribution < 1.29 is 8.42 Å². The summed E-state index contributed by atoms with van der Waals surface area (Å²) in [6, 6.07) is 9.86. The van der Waals surface area contributed by atoms with Crippen LogP contribution in [0.25, 0.3) is 10.9 Å². The van der Waals surface area contributed by atoms with E-state index in [1.54, 1.807) is 20.2 Å². The van der Waals surface area contributed by atoms with Gasteiger partial charge in [-0.25, -0.2) is 13.1 Å². The molecule has 1 atom stereocenters. The molecule has 0 saturated heterocycles. The average molecular weight is 307 g/mol. The zero-order chi connectivity index (χ0) is 15.3. The van der Waals surface area contributed by atoms with Crippen molar-refractivity contribution >= 4 is 20.9 Å². The third kappa shape index (κ3) is 4.00. The lowest BCUT2D eigenvalue weighted by Crippen LogP contribution is -2.38. The van der Waals surface area contributed by atoms with E-state index in [4.69, 9.17) is 0 Å². The predicted octanol–water partition coefficient (Wildman–Crippen LogP) is 1.30. The highest BCUT2D eigenvalue weighted by Crippen LogP contribution is 2.16. The summed E-state index contributed by atoms with van der Waals surface area (Å²) >= 11 is 0. The number of sulfonamides is 1. The molecule has 0 amide bonds. The number of fused-ring (bicyclic) bond motifs is 1. The fourth-order valence-corrected chi connectivity index (χ4v) is 3.29. The average Bonchev–Trinajstić information content (AvgIpc) is 2.47. The maximum Gasteiger partial charge on any atom is 0.215 e. The number of hydrogen-bond acceptors (Lipinski definition) is 4. The van der Waals surface area contributed by atoms with Crippen LogP contribution in [0.15, 0.2) is 36.5 Å². The van der Waals surface area contributed by atoms with Crippen LogP contribution in [0.1, 0.15) is 12.5 Å². The van der Waals surface area contributed by atoms with E-state index >= 15 is 0 Å². The monoisotopic (exact) mass is 307 g/mol. The van der Waals surface area contributed by atoms with Crippen molar-refractivity contribution in [2.24, 2.45) is 0 Å². The number of para-hydroxylation sites is 1. The Morgan fingerprint density at radius 1 is 1.24 bits per heavy atom. The van der Waals surface area contributed by atoms with E-state index in [2.05, 4.69) is 15.0 Å². The van der Waals surface area contributed by atoms with E-state index in [1.807, 2.05) is 30.3 Å². The minimum Gasteiger partial charge on any atom is -0.318 e. The second kappa shape index (κ2) is 6.98. The first-order valence-corrected chi connectivity index (χ1v) is 8.55. The Kier molecular flexibility index (Phi) is 5.27. The molecule has 1 unspecified atom stereocenters. The Morgan fingerprint density at radius 3 is 2.76 bits per heavy atom. The molecule has 0 fully saturated rings. The highest BCUT2D eigenvalue weighted by atomic mass is 32.2. The molecule has 0 saturated carbocycles. The Morgan fingerprint density at radius 2 is 2.00 bits per heavy atom. The number of aromatic nitrogens is 1. The van der Waals surface area contributed by atoms with Crippen LogP contribution in [0.4, 0.5) is 0 Å². The summed E-state index contributed by atoms with van der Waals surface area (Å²) in [6.07, 6.45) is 2.38. The van der Waals surface area contributed by atoms with Crippen molar-refractivity contribution in [3.63, 3.8) is 0 Å². The van der Waals surface area contributed by atoms with Gasteiger partial charge in [-0.15, -0.1) is 0 Å². The number of rotatable bonds is 7. The Bertz CT molecular complexity index is 696. The fraction of sp³-hybridized carbons (Fsp3) is 0.400. The van der Waals surface area contributed by atoms with Crippen molar-refractivity contribution in [1.29, 1.82) is 0 Å². The Labute approximate surface area is 125 Å². The van der Waals surface area contributed by atoms with Crippen LogP contribution < -0.4 is 10.0 Å². The molecule has 5 nitrogen and oxygen atoms in total. The first-order valence-electron chi connectivity index (χ1n) is 7.00. The van der Waals surface area contributed by atoms with Gasteiger partial charge in [0.15, 0.2) is 0 Å². The summed E-state index contributed by atoms with van der Waals surface area (Å²) in [4.78, 5) is 4.37. The predicted molar refractivity (Wildman–Crippen MR) is 85.8 cm³/mol. The lowest BCUT2D eigenvalue weighted by molar-refractivity contribution is 0.564. The largest absolute Gasteiger partial charge is 0.318 e. The van der Waals surface area contributed by atoms with Gasteiger partial charge in [0.2, 0.25) is 10.0 Å². The lowest BCUT2D eigenvalue weighted by atomic mass is 10.1. The highest BCUT2D eigenvalue weighted by Gasteiger charge is 2.19. The summed E-state index contributed by atoms with van der Waals surface area (Å²) in [5.74, 6) is 0.